The minimum Gasteiger partial charge on any atom is -0.497 e. The fraction of sp³-hybridized carbons (Fsp3) is 0.619. The zero-order chi connectivity index (χ0) is 21.4. The van der Waals surface area contributed by atoms with Crippen molar-refractivity contribution in [2.45, 2.75) is 32.9 Å². The van der Waals surface area contributed by atoms with Crippen molar-refractivity contribution >= 4 is 11.9 Å². The molecule has 1 aliphatic heterocycles. The lowest BCUT2D eigenvalue weighted by atomic mass is 10.1. The van der Waals surface area contributed by atoms with Gasteiger partial charge in [-0.05, 0) is 39.0 Å². The van der Waals surface area contributed by atoms with Gasteiger partial charge >= 0.3 is 5.97 Å². The molecule has 1 aromatic rings. The van der Waals surface area contributed by atoms with E-state index in [-0.39, 0.29) is 12.5 Å². The first-order valence-corrected chi connectivity index (χ1v) is 9.86. The quantitative estimate of drug-likeness (QED) is 0.438. The predicted molar refractivity (Wildman–Crippen MR) is 114 cm³/mol. The molecule has 1 saturated heterocycles. The SMILES string of the molecule is CN=C(NCC(=O)OC(C)(C)C)N1CCN(Cc2cc(OC)ccc2OC)CC1. The summed E-state index contributed by atoms with van der Waals surface area (Å²) in [5.74, 6) is 2.12. The number of nitrogens with one attached hydrogen (secondary N) is 1. The van der Waals surface area contributed by atoms with E-state index in [0.29, 0.717) is 0 Å². The summed E-state index contributed by atoms with van der Waals surface area (Å²) >= 11 is 0. The molecule has 0 bridgehead atoms. The molecule has 0 saturated carbocycles. The van der Waals surface area contributed by atoms with Gasteiger partial charge in [0.15, 0.2) is 5.96 Å². The molecular formula is C21H34N4O4. The summed E-state index contributed by atoms with van der Waals surface area (Å²) in [7, 11) is 5.08. The number of hydrogen-bond donors (Lipinski definition) is 1. The molecule has 0 atom stereocenters. The lowest BCUT2D eigenvalue weighted by Crippen LogP contribution is -2.53. The van der Waals surface area contributed by atoms with Crippen molar-refractivity contribution in [1.29, 1.82) is 0 Å². The summed E-state index contributed by atoms with van der Waals surface area (Å²) in [4.78, 5) is 20.8. The third-order valence-corrected chi connectivity index (χ3v) is 4.58. The lowest BCUT2D eigenvalue weighted by Gasteiger charge is -2.36. The predicted octanol–water partition coefficient (Wildman–Crippen LogP) is 1.74. The van der Waals surface area contributed by atoms with Crippen molar-refractivity contribution in [2.75, 3.05) is 54.0 Å². The first kappa shape index (κ1) is 22.8. The Morgan fingerprint density at radius 1 is 1.14 bits per heavy atom. The van der Waals surface area contributed by atoms with Crippen LogP contribution in [0.2, 0.25) is 0 Å². The number of ether oxygens (including phenoxy) is 3. The van der Waals surface area contributed by atoms with E-state index >= 15 is 0 Å². The monoisotopic (exact) mass is 406 g/mol. The van der Waals surface area contributed by atoms with Crippen molar-refractivity contribution in [2.24, 2.45) is 4.99 Å². The maximum Gasteiger partial charge on any atom is 0.325 e. The minimum atomic E-state index is -0.491. The molecule has 1 heterocycles. The zero-order valence-corrected chi connectivity index (χ0v) is 18.4. The molecule has 1 aliphatic rings. The van der Waals surface area contributed by atoms with Crippen molar-refractivity contribution in [1.82, 2.24) is 15.1 Å². The van der Waals surface area contributed by atoms with E-state index in [0.717, 1.165) is 55.7 Å². The lowest BCUT2D eigenvalue weighted by molar-refractivity contribution is -0.153. The Morgan fingerprint density at radius 2 is 1.83 bits per heavy atom. The second kappa shape index (κ2) is 10.3. The average molecular weight is 407 g/mol. The summed E-state index contributed by atoms with van der Waals surface area (Å²) in [6.07, 6.45) is 0. The minimum absolute atomic E-state index is 0.102. The molecule has 1 aromatic carbocycles. The maximum absolute atomic E-state index is 11.9. The zero-order valence-electron chi connectivity index (χ0n) is 18.4. The Hall–Kier alpha value is -2.48. The molecule has 1 fully saturated rings. The standard InChI is InChI=1S/C21H34N4O4/c1-21(2,3)29-19(26)14-23-20(22-4)25-11-9-24(10-12-25)15-16-13-17(27-5)7-8-18(16)28-6/h7-8,13H,9-12,14-15H2,1-6H3,(H,22,23). The van der Waals surface area contributed by atoms with Gasteiger partial charge in [0.05, 0.1) is 14.2 Å². The van der Waals surface area contributed by atoms with Crippen LogP contribution in [0, 0.1) is 0 Å². The van der Waals surface area contributed by atoms with E-state index in [9.17, 15) is 4.79 Å². The molecule has 162 valence electrons. The number of methoxy groups -OCH3 is 2. The van der Waals surface area contributed by atoms with Crippen LogP contribution in [0.1, 0.15) is 26.3 Å². The van der Waals surface area contributed by atoms with Crippen LogP contribution in [0.3, 0.4) is 0 Å². The molecule has 0 amide bonds. The van der Waals surface area contributed by atoms with E-state index < -0.39 is 5.60 Å². The highest BCUT2D eigenvalue weighted by atomic mass is 16.6. The molecule has 0 unspecified atom stereocenters. The average Bonchev–Trinajstić information content (AvgIpc) is 2.68. The molecule has 0 aromatic heterocycles. The van der Waals surface area contributed by atoms with E-state index in [2.05, 4.69) is 20.1 Å². The second-order valence-corrected chi connectivity index (χ2v) is 7.93. The van der Waals surface area contributed by atoms with Crippen LogP contribution >= 0.6 is 0 Å². The Bertz CT molecular complexity index is 707. The summed E-state index contributed by atoms with van der Waals surface area (Å²) < 4.78 is 16.2. The largest absolute Gasteiger partial charge is 0.497 e. The fourth-order valence-electron chi connectivity index (χ4n) is 3.23. The van der Waals surface area contributed by atoms with Gasteiger partial charge in [0.1, 0.15) is 23.6 Å². The molecular weight excluding hydrogens is 372 g/mol. The third kappa shape index (κ3) is 7.12. The number of guanidine groups is 1. The third-order valence-electron chi connectivity index (χ3n) is 4.58. The highest BCUT2D eigenvalue weighted by Gasteiger charge is 2.22. The molecule has 8 nitrogen and oxygen atoms in total. The first-order valence-electron chi connectivity index (χ1n) is 9.86. The van der Waals surface area contributed by atoms with E-state index in [4.69, 9.17) is 14.2 Å². The number of aliphatic imine (C=N–C) groups is 1. The van der Waals surface area contributed by atoms with Gasteiger partial charge in [0, 0.05) is 45.3 Å². The van der Waals surface area contributed by atoms with E-state index in [1.165, 1.54) is 0 Å². The van der Waals surface area contributed by atoms with Crippen LogP contribution in [0.15, 0.2) is 23.2 Å². The normalized spacial score (nSPS) is 15.8. The van der Waals surface area contributed by atoms with Crippen LogP contribution in [0.4, 0.5) is 0 Å². The van der Waals surface area contributed by atoms with Crippen LogP contribution < -0.4 is 14.8 Å². The molecule has 8 heteroatoms. The topological polar surface area (TPSA) is 75.6 Å². The molecule has 2 rings (SSSR count). The van der Waals surface area contributed by atoms with Gasteiger partial charge in [-0.2, -0.15) is 0 Å². The fourth-order valence-corrected chi connectivity index (χ4v) is 3.23. The molecule has 29 heavy (non-hydrogen) atoms. The number of esters is 1. The first-order chi connectivity index (χ1) is 13.8. The molecule has 0 radical (unpaired) electrons. The van der Waals surface area contributed by atoms with Crippen molar-refractivity contribution in [3.63, 3.8) is 0 Å². The number of piperazine rings is 1. The Labute approximate surface area is 173 Å². The summed E-state index contributed by atoms with van der Waals surface area (Å²) in [6.45, 7) is 9.87. The number of hydrogen-bond acceptors (Lipinski definition) is 6. The van der Waals surface area contributed by atoms with Crippen LogP contribution in [-0.4, -0.2) is 81.3 Å². The number of carbonyl (C=O) groups excluding carboxylic acids is 1. The van der Waals surface area contributed by atoms with Gasteiger partial charge in [-0.1, -0.05) is 0 Å². The smallest absolute Gasteiger partial charge is 0.325 e. The highest BCUT2D eigenvalue weighted by molar-refractivity contribution is 5.84. The Balaban J connectivity index is 1.87. The summed E-state index contributed by atoms with van der Waals surface area (Å²) in [6, 6.07) is 5.86. The maximum atomic E-state index is 11.9. The number of nitrogens with zero attached hydrogens (tertiary/aromatic N) is 3. The molecule has 0 aliphatic carbocycles. The Kier molecular flexibility index (Phi) is 8.13. The second-order valence-electron chi connectivity index (χ2n) is 7.93. The highest BCUT2D eigenvalue weighted by Crippen LogP contribution is 2.25. The van der Waals surface area contributed by atoms with Crippen molar-refractivity contribution in [3.05, 3.63) is 23.8 Å². The van der Waals surface area contributed by atoms with E-state index in [1.54, 1.807) is 21.3 Å². The molecule has 1 N–H and O–H groups in total. The Morgan fingerprint density at radius 3 is 2.38 bits per heavy atom. The van der Waals surface area contributed by atoms with Crippen molar-refractivity contribution < 1.29 is 19.0 Å². The van der Waals surface area contributed by atoms with Gasteiger partial charge in [-0.3, -0.25) is 14.7 Å². The van der Waals surface area contributed by atoms with Crippen LogP contribution in [0.5, 0.6) is 11.5 Å². The van der Waals surface area contributed by atoms with E-state index in [1.807, 2.05) is 39.0 Å². The van der Waals surface area contributed by atoms with Crippen LogP contribution in [-0.2, 0) is 16.1 Å². The van der Waals surface area contributed by atoms with Gasteiger partial charge in [-0.25, -0.2) is 0 Å². The van der Waals surface area contributed by atoms with Gasteiger partial charge in [0.25, 0.3) is 0 Å². The van der Waals surface area contributed by atoms with Gasteiger partial charge in [-0.15, -0.1) is 0 Å². The van der Waals surface area contributed by atoms with Crippen molar-refractivity contribution in [3.8, 4) is 11.5 Å². The van der Waals surface area contributed by atoms with Gasteiger partial charge in [0.2, 0.25) is 0 Å². The molecule has 0 spiro atoms. The van der Waals surface area contributed by atoms with Gasteiger partial charge < -0.3 is 24.4 Å². The van der Waals surface area contributed by atoms with Crippen LogP contribution in [0.25, 0.3) is 0 Å². The number of benzene rings is 1. The number of rotatable bonds is 6. The summed E-state index contributed by atoms with van der Waals surface area (Å²) in [5.41, 5.74) is 0.613. The summed E-state index contributed by atoms with van der Waals surface area (Å²) in [5, 5.41) is 3.11. The number of carbonyl (C=O) groups is 1.